The van der Waals surface area contributed by atoms with Crippen molar-refractivity contribution in [3.8, 4) is 0 Å². The highest BCUT2D eigenvalue weighted by atomic mass is 79.9. The van der Waals surface area contributed by atoms with E-state index in [0.717, 1.165) is 11.0 Å². The molecule has 0 aliphatic heterocycles. The fourth-order valence-electron chi connectivity index (χ4n) is 2.05. The number of aromatic nitrogens is 1. The number of halogens is 1. The van der Waals surface area contributed by atoms with Gasteiger partial charge in [0, 0.05) is 16.9 Å². The highest BCUT2D eigenvalue weighted by Gasteiger charge is 2.13. The number of rotatable bonds is 4. The second-order valence-corrected chi connectivity index (χ2v) is 5.26. The van der Waals surface area contributed by atoms with Crippen LogP contribution in [0.3, 0.4) is 0 Å². The average Bonchev–Trinajstić information content (AvgIpc) is 2.36. The van der Waals surface area contributed by atoms with Crippen LogP contribution in [0.1, 0.15) is 29.7 Å². The van der Waals surface area contributed by atoms with Crippen LogP contribution in [0.25, 0.3) is 0 Å². The maximum Gasteiger partial charge on any atom is 0.0592 e. The van der Waals surface area contributed by atoms with E-state index in [2.05, 4.69) is 64.3 Å². The van der Waals surface area contributed by atoms with Crippen LogP contribution in [0, 0.1) is 6.92 Å². The average molecular weight is 305 g/mol. The fourth-order valence-corrected chi connectivity index (χ4v) is 2.47. The topological polar surface area (TPSA) is 24.9 Å². The van der Waals surface area contributed by atoms with E-state index in [0.29, 0.717) is 0 Å². The largest absolute Gasteiger partial charge is 0.306 e. The number of pyridine rings is 1. The molecule has 18 heavy (non-hydrogen) atoms. The Balaban J connectivity index is 2.39. The molecule has 2 rings (SSSR count). The molecule has 1 unspecified atom stereocenters. The van der Waals surface area contributed by atoms with Crippen molar-refractivity contribution in [2.75, 3.05) is 6.54 Å². The monoisotopic (exact) mass is 304 g/mol. The summed E-state index contributed by atoms with van der Waals surface area (Å²) in [6, 6.07) is 10.8. The van der Waals surface area contributed by atoms with Gasteiger partial charge in [-0.2, -0.15) is 0 Å². The summed E-state index contributed by atoms with van der Waals surface area (Å²) >= 11 is 3.53. The predicted octanol–water partition coefficient (Wildman–Crippen LogP) is 3.85. The van der Waals surface area contributed by atoms with E-state index in [1.807, 2.05) is 18.5 Å². The van der Waals surface area contributed by atoms with Gasteiger partial charge in [-0.15, -0.1) is 0 Å². The molecule has 0 spiro atoms. The molecular weight excluding hydrogens is 288 g/mol. The Kier molecular flexibility index (Phi) is 4.50. The lowest BCUT2D eigenvalue weighted by Crippen LogP contribution is -2.22. The minimum Gasteiger partial charge on any atom is -0.306 e. The van der Waals surface area contributed by atoms with Gasteiger partial charge in [0.1, 0.15) is 0 Å². The van der Waals surface area contributed by atoms with Gasteiger partial charge in [-0.05, 0) is 42.3 Å². The molecule has 1 N–H and O–H groups in total. The van der Waals surface area contributed by atoms with Gasteiger partial charge in [0.25, 0.3) is 0 Å². The lowest BCUT2D eigenvalue weighted by atomic mass is 9.99. The first-order chi connectivity index (χ1) is 8.70. The summed E-state index contributed by atoms with van der Waals surface area (Å²) < 4.78 is 1.10. The molecule has 0 aliphatic rings. The van der Waals surface area contributed by atoms with E-state index in [9.17, 15) is 0 Å². The van der Waals surface area contributed by atoms with Gasteiger partial charge in [-0.25, -0.2) is 0 Å². The maximum atomic E-state index is 4.28. The predicted molar refractivity (Wildman–Crippen MR) is 78.6 cm³/mol. The van der Waals surface area contributed by atoms with Crippen LogP contribution < -0.4 is 5.32 Å². The number of benzene rings is 1. The summed E-state index contributed by atoms with van der Waals surface area (Å²) in [6.07, 6.45) is 3.81. The van der Waals surface area contributed by atoms with Crippen molar-refractivity contribution in [3.63, 3.8) is 0 Å². The second kappa shape index (κ2) is 6.12. The van der Waals surface area contributed by atoms with Gasteiger partial charge < -0.3 is 5.32 Å². The normalized spacial score (nSPS) is 12.4. The molecule has 1 atom stereocenters. The lowest BCUT2D eigenvalue weighted by Gasteiger charge is -2.19. The molecule has 0 fully saturated rings. The van der Waals surface area contributed by atoms with Gasteiger partial charge in [0.05, 0.1) is 6.04 Å². The summed E-state index contributed by atoms with van der Waals surface area (Å²) in [5.74, 6) is 0. The van der Waals surface area contributed by atoms with Crippen molar-refractivity contribution in [2.24, 2.45) is 0 Å². The zero-order valence-electron chi connectivity index (χ0n) is 10.7. The van der Waals surface area contributed by atoms with Crippen LogP contribution in [0.15, 0.2) is 47.2 Å². The van der Waals surface area contributed by atoms with Crippen LogP contribution in [0.2, 0.25) is 0 Å². The zero-order chi connectivity index (χ0) is 13.0. The molecule has 1 aromatic carbocycles. The van der Waals surface area contributed by atoms with E-state index in [-0.39, 0.29) is 6.04 Å². The van der Waals surface area contributed by atoms with Crippen LogP contribution in [-0.2, 0) is 0 Å². The van der Waals surface area contributed by atoms with Crippen molar-refractivity contribution >= 4 is 15.9 Å². The molecule has 0 saturated heterocycles. The molecule has 1 aromatic heterocycles. The van der Waals surface area contributed by atoms with Crippen LogP contribution in [0.4, 0.5) is 0 Å². The zero-order valence-corrected chi connectivity index (χ0v) is 12.2. The number of aryl methyl sites for hydroxylation is 1. The molecule has 2 nitrogen and oxygen atoms in total. The molecule has 0 saturated carbocycles. The third kappa shape index (κ3) is 3.18. The number of nitrogens with zero attached hydrogens (tertiary/aromatic N) is 1. The van der Waals surface area contributed by atoms with Gasteiger partial charge in [0.15, 0.2) is 0 Å². The maximum absolute atomic E-state index is 4.28. The minimum absolute atomic E-state index is 0.194. The van der Waals surface area contributed by atoms with Crippen molar-refractivity contribution in [1.29, 1.82) is 0 Å². The lowest BCUT2D eigenvalue weighted by molar-refractivity contribution is 0.628. The smallest absolute Gasteiger partial charge is 0.0592 e. The Morgan fingerprint density at radius 3 is 2.72 bits per heavy atom. The minimum atomic E-state index is 0.194. The Labute approximate surface area is 117 Å². The molecule has 3 heteroatoms. The standard InChI is InChI=1S/C15H17BrN2/c1-3-18-15(12-5-4-6-14(16)8-12)13-7-11(2)9-17-10-13/h4-10,15,18H,3H2,1-2H3. The van der Waals surface area contributed by atoms with Crippen LogP contribution >= 0.6 is 15.9 Å². The van der Waals surface area contributed by atoms with Gasteiger partial charge in [-0.3, -0.25) is 4.98 Å². The number of hydrogen-bond donors (Lipinski definition) is 1. The first kappa shape index (κ1) is 13.2. The van der Waals surface area contributed by atoms with E-state index in [4.69, 9.17) is 0 Å². The van der Waals surface area contributed by atoms with Crippen molar-refractivity contribution < 1.29 is 0 Å². The summed E-state index contributed by atoms with van der Waals surface area (Å²) in [7, 11) is 0. The highest BCUT2D eigenvalue weighted by molar-refractivity contribution is 9.10. The van der Waals surface area contributed by atoms with Gasteiger partial charge >= 0.3 is 0 Å². The molecule has 0 bridgehead atoms. The summed E-state index contributed by atoms with van der Waals surface area (Å²) in [5.41, 5.74) is 3.64. The summed E-state index contributed by atoms with van der Waals surface area (Å²) in [5, 5.41) is 3.51. The fraction of sp³-hybridized carbons (Fsp3) is 0.267. The second-order valence-electron chi connectivity index (χ2n) is 4.34. The highest BCUT2D eigenvalue weighted by Crippen LogP contribution is 2.24. The van der Waals surface area contributed by atoms with Gasteiger partial charge in [0.2, 0.25) is 0 Å². The quantitative estimate of drug-likeness (QED) is 0.928. The molecule has 1 heterocycles. The number of hydrogen-bond acceptors (Lipinski definition) is 2. The van der Waals surface area contributed by atoms with E-state index < -0.39 is 0 Å². The van der Waals surface area contributed by atoms with Crippen molar-refractivity contribution in [1.82, 2.24) is 10.3 Å². The Morgan fingerprint density at radius 1 is 1.22 bits per heavy atom. The Bertz CT molecular complexity index is 480. The van der Waals surface area contributed by atoms with E-state index >= 15 is 0 Å². The van der Waals surface area contributed by atoms with Crippen LogP contribution in [0.5, 0.6) is 0 Å². The first-order valence-corrected chi connectivity index (χ1v) is 6.90. The third-order valence-corrected chi connectivity index (χ3v) is 3.31. The van der Waals surface area contributed by atoms with E-state index in [1.54, 1.807) is 0 Å². The summed E-state index contributed by atoms with van der Waals surface area (Å²) in [4.78, 5) is 4.28. The molecular formula is C15H17BrN2. The molecule has 2 aromatic rings. The SMILES string of the molecule is CCNC(c1cncc(C)c1)c1cccc(Br)c1. The molecule has 94 valence electrons. The van der Waals surface area contributed by atoms with Crippen LogP contribution in [-0.4, -0.2) is 11.5 Å². The third-order valence-electron chi connectivity index (χ3n) is 2.82. The molecule has 0 aliphatic carbocycles. The number of nitrogens with one attached hydrogen (secondary N) is 1. The van der Waals surface area contributed by atoms with Gasteiger partial charge in [-0.1, -0.05) is 41.1 Å². The Morgan fingerprint density at radius 2 is 2.06 bits per heavy atom. The summed E-state index contributed by atoms with van der Waals surface area (Å²) in [6.45, 7) is 5.11. The molecule has 0 radical (unpaired) electrons. The first-order valence-electron chi connectivity index (χ1n) is 6.11. The van der Waals surface area contributed by atoms with E-state index in [1.165, 1.54) is 16.7 Å². The van der Waals surface area contributed by atoms with Crippen molar-refractivity contribution in [2.45, 2.75) is 19.9 Å². The molecule has 0 amide bonds. The van der Waals surface area contributed by atoms with Crippen molar-refractivity contribution in [3.05, 3.63) is 63.9 Å². The Hall–Kier alpha value is -1.19.